The van der Waals surface area contributed by atoms with Gasteiger partial charge in [-0.1, -0.05) is 24.3 Å². The van der Waals surface area contributed by atoms with E-state index < -0.39 is 0 Å². The second kappa shape index (κ2) is 13.1. The number of aryl methyl sites for hydroxylation is 1. The molecule has 0 unspecified atom stereocenters. The van der Waals surface area contributed by atoms with Crippen LogP contribution in [0.15, 0.2) is 52.8 Å². The lowest BCUT2D eigenvalue weighted by Gasteiger charge is -2.21. The number of rotatable bonds is 9. The molecular weight excluding hydrogens is 533 g/mol. The van der Waals surface area contributed by atoms with Gasteiger partial charge in [0, 0.05) is 31.6 Å². The molecule has 170 valence electrons. The van der Waals surface area contributed by atoms with Crippen molar-refractivity contribution in [1.29, 1.82) is 5.26 Å². The van der Waals surface area contributed by atoms with E-state index in [0.717, 1.165) is 43.3 Å². The summed E-state index contributed by atoms with van der Waals surface area (Å²) in [5, 5.41) is 19.6. The fraction of sp³-hybridized carbons (Fsp3) is 0.348. The topological polar surface area (TPSA) is 95.3 Å². The quantitative estimate of drug-likeness (QED) is 0.177. The lowest BCUT2D eigenvalue weighted by molar-refractivity contribution is 0.486. The molecule has 0 radical (unpaired) electrons. The standard InChI is InChI=1S/C23H29N7S.HI/c1-3-26-23(29(2)15-13-19-11-8-16-31-19)27-14-7-12-21-20(17-24)22(25)30(28-21)18-9-5-4-6-10-18;/h4-6,8-11,16H,3,7,12-15,25H2,1-2H3,(H,26,27);1H. The van der Waals surface area contributed by atoms with Crippen molar-refractivity contribution in [3.05, 3.63) is 64.0 Å². The van der Waals surface area contributed by atoms with Gasteiger partial charge in [-0.2, -0.15) is 10.4 Å². The van der Waals surface area contributed by atoms with E-state index in [0.29, 0.717) is 24.3 Å². The third-order valence-corrected chi connectivity index (χ3v) is 5.85. The third kappa shape index (κ3) is 6.71. The van der Waals surface area contributed by atoms with Crippen molar-refractivity contribution in [3.8, 4) is 11.8 Å². The summed E-state index contributed by atoms with van der Waals surface area (Å²) in [5.74, 6) is 1.28. The summed E-state index contributed by atoms with van der Waals surface area (Å²) in [7, 11) is 2.06. The number of hydrogen-bond acceptors (Lipinski definition) is 5. The minimum absolute atomic E-state index is 0. The molecule has 0 fully saturated rings. The minimum Gasteiger partial charge on any atom is -0.382 e. The number of para-hydroxylation sites is 1. The Morgan fingerprint density at radius 3 is 2.69 bits per heavy atom. The van der Waals surface area contributed by atoms with Gasteiger partial charge in [-0.05, 0) is 49.8 Å². The second-order valence-corrected chi connectivity index (χ2v) is 8.19. The number of likely N-dealkylation sites (N-methyl/N-ethyl adjacent to an activating group) is 1. The highest BCUT2D eigenvalue weighted by molar-refractivity contribution is 14.0. The predicted molar refractivity (Wildman–Crippen MR) is 143 cm³/mol. The van der Waals surface area contributed by atoms with Crippen LogP contribution >= 0.6 is 35.3 Å². The molecule has 2 heterocycles. The summed E-state index contributed by atoms with van der Waals surface area (Å²) < 4.78 is 1.64. The zero-order valence-electron chi connectivity index (χ0n) is 18.5. The molecule has 0 saturated carbocycles. The molecule has 3 aromatic rings. The van der Waals surface area contributed by atoms with E-state index in [-0.39, 0.29) is 24.0 Å². The first-order chi connectivity index (χ1) is 15.1. The monoisotopic (exact) mass is 563 g/mol. The number of aliphatic imine (C=N–C) groups is 1. The number of nitrogens with one attached hydrogen (secondary N) is 1. The van der Waals surface area contributed by atoms with Gasteiger partial charge in [0.25, 0.3) is 0 Å². The van der Waals surface area contributed by atoms with Crippen molar-refractivity contribution in [1.82, 2.24) is 20.0 Å². The average Bonchev–Trinajstić information content (AvgIpc) is 3.42. The number of nitrogens with zero attached hydrogens (tertiary/aromatic N) is 5. The van der Waals surface area contributed by atoms with Crippen LogP contribution in [0.3, 0.4) is 0 Å². The molecule has 3 rings (SSSR count). The highest BCUT2D eigenvalue weighted by Gasteiger charge is 2.16. The smallest absolute Gasteiger partial charge is 0.193 e. The molecule has 0 saturated heterocycles. The Morgan fingerprint density at radius 1 is 1.25 bits per heavy atom. The summed E-state index contributed by atoms with van der Waals surface area (Å²) in [4.78, 5) is 8.29. The first-order valence-corrected chi connectivity index (χ1v) is 11.4. The maximum absolute atomic E-state index is 9.56. The van der Waals surface area contributed by atoms with Crippen molar-refractivity contribution >= 4 is 47.1 Å². The van der Waals surface area contributed by atoms with Crippen LogP contribution in [0.5, 0.6) is 0 Å². The number of halogens is 1. The van der Waals surface area contributed by atoms with Crippen LogP contribution in [0.1, 0.15) is 29.5 Å². The minimum atomic E-state index is 0. The van der Waals surface area contributed by atoms with Crippen molar-refractivity contribution in [2.24, 2.45) is 4.99 Å². The molecule has 0 aliphatic rings. The van der Waals surface area contributed by atoms with Gasteiger partial charge in [0.05, 0.1) is 11.4 Å². The number of benzene rings is 1. The van der Waals surface area contributed by atoms with E-state index in [2.05, 4.69) is 52.9 Å². The lowest BCUT2D eigenvalue weighted by Crippen LogP contribution is -2.40. The number of nitriles is 1. The fourth-order valence-electron chi connectivity index (χ4n) is 3.28. The van der Waals surface area contributed by atoms with E-state index in [1.165, 1.54) is 4.88 Å². The molecule has 0 aliphatic heterocycles. The average molecular weight is 564 g/mol. The molecule has 0 spiro atoms. The number of guanidine groups is 1. The highest BCUT2D eigenvalue weighted by atomic mass is 127. The van der Waals surface area contributed by atoms with E-state index >= 15 is 0 Å². The predicted octanol–water partition coefficient (Wildman–Crippen LogP) is 4.08. The fourth-order valence-corrected chi connectivity index (χ4v) is 3.98. The number of aromatic nitrogens is 2. The Hall–Kier alpha value is -2.58. The molecule has 9 heteroatoms. The maximum atomic E-state index is 9.56. The summed E-state index contributed by atoms with van der Waals surface area (Å²) in [6, 6.07) is 16.1. The molecule has 3 N–H and O–H groups in total. The van der Waals surface area contributed by atoms with Gasteiger partial charge in [-0.15, -0.1) is 35.3 Å². The number of nitrogen functional groups attached to an aromatic ring is 1. The van der Waals surface area contributed by atoms with Crippen LogP contribution in [0, 0.1) is 11.3 Å². The van der Waals surface area contributed by atoms with Gasteiger partial charge in [-0.3, -0.25) is 4.99 Å². The van der Waals surface area contributed by atoms with Crippen LogP contribution in [0.25, 0.3) is 5.69 Å². The maximum Gasteiger partial charge on any atom is 0.193 e. The zero-order valence-corrected chi connectivity index (χ0v) is 21.6. The summed E-state index contributed by atoms with van der Waals surface area (Å²) >= 11 is 1.78. The van der Waals surface area contributed by atoms with Gasteiger partial charge in [0.1, 0.15) is 17.5 Å². The second-order valence-electron chi connectivity index (χ2n) is 7.16. The molecular formula is C23H30IN7S. The SMILES string of the molecule is CCNC(=NCCCc1nn(-c2ccccc2)c(N)c1C#N)N(C)CCc1cccs1.I. The Kier molecular flexibility index (Phi) is 10.5. The van der Waals surface area contributed by atoms with E-state index in [1.54, 1.807) is 16.0 Å². The first kappa shape index (κ1) is 25.7. The van der Waals surface area contributed by atoms with Gasteiger partial charge in [-0.25, -0.2) is 4.68 Å². The Labute approximate surface area is 211 Å². The van der Waals surface area contributed by atoms with E-state index in [1.807, 2.05) is 30.3 Å². The summed E-state index contributed by atoms with van der Waals surface area (Å²) in [5.41, 5.74) is 8.21. The summed E-state index contributed by atoms with van der Waals surface area (Å²) in [6.07, 6.45) is 2.43. The van der Waals surface area contributed by atoms with Crippen LogP contribution in [0.2, 0.25) is 0 Å². The number of hydrogen-bond donors (Lipinski definition) is 2. The van der Waals surface area contributed by atoms with Crippen molar-refractivity contribution < 1.29 is 0 Å². The Morgan fingerprint density at radius 2 is 2.03 bits per heavy atom. The molecule has 0 amide bonds. The first-order valence-electron chi connectivity index (χ1n) is 10.5. The van der Waals surface area contributed by atoms with Gasteiger partial charge in [0.2, 0.25) is 0 Å². The Balaban J connectivity index is 0.00000363. The van der Waals surface area contributed by atoms with Crippen molar-refractivity contribution in [2.75, 3.05) is 32.4 Å². The molecule has 0 bridgehead atoms. The third-order valence-electron chi connectivity index (χ3n) is 4.91. The summed E-state index contributed by atoms with van der Waals surface area (Å²) in [6.45, 7) is 4.44. The van der Waals surface area contributed by atoms with Gasteiger partial charge >= 0.3 is 0 Å². The molecule has 0 aliphatic carbocycles. The molecule has 0 atom stereocenters. The molecule has 32 heavy (non-hydrogen) atoms. The van der Waals surface area contributed by atoms with Crippen LogP contribution < -0.4 is 11.1 Å². The number of anilines is 1. The number of nitrogens with two attached hydrogens (primary N) is 1. The van der Waals surface area contributed by atoms with Crippen LogP contribution in [-0.2, 0) is 12.8 Å². The largest absolute Gasteiger partial charge is 0.382 e. The highest BCUT2D eigenvalue weighted by Crippen LogP contribution is 2.21. The van der Waals surface area contributed by atoms with Crippen LogP contribution in [0.4, 0.5) is 5.82 Å². The van der Waals surface area contributed by atoms with E-state index in [9.17, 15) is 5.26 Å². The molecule has 2 aromatic heterocycles. The number of thiophene rings is 1. The van der Waals surface area contributed by atoms with Gasteiger partial charge < -0.3 is 16.0 Å². The van der Waals surface area contributed by atoms with Crippen molar-refractivity contribution in [2.45, 2.75) is 26.2 Å². The van der Waals surface area contributed by atoms with E-state index in [4.69, 9.17) is 10.7 Å². The zero-order chi connectivity index (χ0) is 22.1. The molecule has 1 aromatic carbocycles. The Bertz CT molecular complexity index is 1020. The lowest BCUT2D eigenvalue weighted by atomic mass is 10.1. The van der Waals surface area contributed by atoms with Gasteiger partial charge in [0.15, 0.2) is 5.96 Å². The molecule has 7 nitrogen and oxygen atoms in total. The normalized spacial score (nSPS) is 11.0. The van der Waals surface area contributed by atoms with Crippen molar-refractivity contribution in [3.63, 3.8) is 0 Å². The van der Waals surface area contributed by atoms with Crippen LogP contribution in [-0.4, -0.2) is 47.3 Å².